The number of aromatic nitrogens is 2. The molecule has 6 aromatic rings. The average Bonchev–Trinajstić information content (AvgIpc) is 3.08. The first-order chi connectivity index (χ1) is 15.9. The van der Waals surface area contributed by atoms with E-state index in [9.17, 15) is 0 Å². The predicted molar refractivity (Wildman–Crippen MR) is 155 cm³/mol. The van der Waals surface area contributed by atoms with Crippen molar-refractivity contribution in [3.8, 4) is 0 Å². The van der Waals surface area contributed by atoms with Crippen LogP contribution < -0.4 is 14.9 Å². The van der Waals surface area contributed by atoms with Gasteiger partial charge in [0, 0.05) is 16.0 Å². The molecule has 0 fully saturated rings. The zero-order valence-corrected chi connectivity index (χ0v) is 24.0. The minimum Gasteiger partial charge on any atom is -0.307 e. The second kappa shape index (κ2) is 6.70. The molecule has 6 rings (SSSR count). The highest BCUT2D eigenvalue weighted by Crippen LogP contribution is 2.41. The van der Waals surface area contributed by atoms with Gasteiger partial charge in [-0.1, -0.05) is 68.7 Å². The Morgan fingerprint density at radius 1 is 0.735 bits per heavy atom. The van der Waals surface area contributed by atoms with Gasteiger partial charge in [-0.15, -0.1) is 0 Å². The first kappa shape index (κ1) is 21.8. The fourth-order valence-electron chi connectivity index (χ4n) is 6.00. The summed E-state index contributed by atoms with van der Waals surface area (Å²) in [4.78, 5) is 0. The van der Waals surface area contributed by atoms with E-state index in [1.54, 1.807) is 10.4 Å². The minimum absolute atomic E-state index is 1.32. The third-order valence-electron chi connectivity index (χ3n) is 7.95. The molecule has 0 atom stereocenters. The Bertz CT molecular complexity index is 1790. The van der Waals surface area contributed by atoms with Gasteiger partial charge in [-0.3, -0.25) is 0 Å². The molecule has 3 aromatic heterocycles. The summed E-state index contributed by atoms with van der Waals surface area (Å²) < 4.78 is 5.04. The number of aryl methyl sites for hydroxylation is 3. The number of hydrogen-bond donors (Lipinski definition) is 0. The fraction of sp³-hybridized carbons (Fsp3) is 0.300. The number of rotatable bonds is 2. The van der Waals surface area contributed by atoms with E-state index < -0.39 is 16.1 Å². The summed E-state index contributed by atoms with van der Waals surface area (Å²) >= 11 is 0. The van der Waals surface area contributed by atoms with E-state index in [0.717, 1.165) is 0 Å². The van der Waals surface area contributed by atoms with Gasteiger partial charge in [-0.25, -0.2) is 4.57 Å². The third-order valence-corrected chi connectivity index (χ3v) is 12.0. The topological polar surface area (TPSA) is 8.29 Å². The Labute approximate surface area is 204 Å². The number of benzene rings is 3. The van der Waals surface area contributed by atoms with Crippen LogP contribution in [0.25, 0.3) is 49.0 Å². The summed E-state index contributed by atoms with van der Waals surface area (Å²) in [7, 11) is -0.846. The van der Waals surface area contributed by atoms with E-state index in [1.807, 2.05) is 0 Å². The van der Waals surface area contributed by atoms with E-state index in [2.05, 4.69) is 118 Å². The van der Waals surface area contributed by atoms with Crippen molar-refractivity contribution in [3.05, 3.63) is 59.8 Å². The summed E-state index contributed by atoms with van der Waals surface area (Å²) in [6.45, 7) is 19.5. The van der Waals surface area contributed by atoms with Crippen molar-refractivity contribution in [2.75, 3.05) is 0 Å². The summed E-state index contributed by atoms with van der Waals surface area (Å²) in [5.74, 6) is 0. The largest absolute Gasteiger partial charge is 0.307 e. The molecule has 0 unspecified atom stereocenters. The molecule has 172 valence electrons. The average molecular weight is 480 g/mol. The second-order valence-corrected chi connectivity index (χ2v) is 22.5. The van der Waals surface area contributed by atoms with Crippen LogP contribution in [-0.4, -0.2) is 20.5 Å². The van der Waals surface area contributed by atoms with Gasteiger partial charge in [0.15, 0.2) is 6.20 Å². The van der Waals surface area contributed by atoms with Gasteiger partial charge >= 0.3 is 0 Å². The van der Waals surface area contributed by atoms with Crippen molar-refractivity contribution in [2.45, 2.75) is 53.1 Å². The number of nitrogens with zero attached hydrogens (tertiary/aromatic N) is 2. The Kier molecular flexibility index (Phi) is 4.30. The van der Waals surface area contributed by atoms with Crippen LogP contribution in [-0.2, 0) is 7.05 Å². The molecule has 4 heteroatoms. The van der Waals surface area contributed by atoms with Gasteiger partial charge in [0.1, 0.15) is 7.05 Å². The lowest BCUT2D eigenvalue weighted by atomic mass is 9.96. The van der Waals surface area contributed by atoms with Crippen molar-refractivity contribution >= 4 is 75.5 Å². The van der Waals surface area contributed by atoms with Crippen molar-refractivity contribution in [2.24, 2.45) is 7.05 Å². The van der Waals surface area contributed by atoms with Crippen LogP contribution in [0.5, 0.6) is 0 Å². The van der Waals surface area contributed by atoms with E-state index in [1.165, 1.54) is 60.1 Å². The Morgan fingerprint density at radius 2 is 1.44 bits per heavy atom. The van der Waals surface area contributed by atoms with E-state index >= 15 is 0 Å². The number of fused-ring (bicyclic) bond motifs is 5. The monoisotopic (exact) mass is 479 g/mol. The molecule has 3 heterocycles. The van der Waals surface area contributed by atoms with Gasteiger partial charge < -0.3 is 4.40 Å². The maximum absolute atomic E-state index is 2.60. The molecule has 0 spiro atoms. The molecule has 2 nitrogen and oxygen atoms in total. The molecule has 0 saturated heterocycles. The van der Waals surface area contributed by atoms with Crippen LogP contribution in [0.2, 0.25) is 39.3 Å². The number of para-hydroxylation sites is 1. The molecule has 0 aliphatic carbocycles. The lowest BCUT2D eigenvalue weighted by Crippen LogP contribution is -2.46. The molecule has 0 amide bonds. The molecule has 34 heavy (non-hydrogen) atoms. The summed E-state index contributed by atoms with van der Waals surface area (Å²) in [6.07, 6.45) is 2.47. The van der Waals surface area contributed by atoms with Gasteiger partial charge in [-0.2, -0.15) is 0 Å². The molecule has 0 saturated carbocycles. The standard InChI is InChI=1S/C30H35N2Si2/c1-18-14-22-21-12-10-11-13-24(21)32-25-16-20(33(4,5)6)15-23-26(34(7,8)9)17-31(3)30(28(23)25)27(19(18)2)29(22)32/h10-17H,1-9H3/q+1. The van der Waals surface area contributed by atoms with Crippen LogP contribution in [0.1, 0.15) is 11.1 Å². The van der Waals surface area contributed by atoms with E-state index in [4.69, 9.17) is 0 Å². The Balaban J connectivity index is 2.08. The van der Waals surface area contributed by atoms with Gasteiger partial charge in [0.2, 0.25) is 5.52 Å². The molecule has 3 aromatic carbocycles. The smallest absolute Gasteiger partial charge is 0.224 e. The highest BCUT2D eigenvalue weighted by molar-refractivity contribution is 6.91. The molecule has 0 aliphatic heterocycles. The van der Waals surface area contributed by atoms with E-state index in [-0.39, 0.29) is 0 Å². The van der Waals surface area contributed by atoms with Crippen molar-refractivity contribution in [1.29, 1.82) is 0 Å². The van der Waals surface area contributed by atoms with Crippen LogP contribution in [0.4, 0.5) is 0 Å². The highest BCUT2D eigenvalue weighted by Gasteiger charge is 2.31. The van der Waals surface area contributed by atoms with Crippen LogP contribution >= 0.6 is 0 Å². The number of pyridine rings is 2. The predicted octanol–water partition coefficient (Wildman–Crippen LogP) is 6.52. The zero-order chi connectivity index (χ0) is 24.3. The molecular weight excluding hydrogens is 445 g/mol. The lowest BCUT2D eigenvalue weighted by Gasteiger charge is -2.24. The minimum atomic E-state index is -1.58. The Morgan fingerprint density at radius 3 is 2.12 bits per heavy atom. The highest BCUT2D eigenvalue weighted by atomic mass is 28.3. The summed E-state index contributed by atoms with van der Waals surface area (Å²) in [5.41, 5.74) is 8.23. The quantitative estimate of drug-likeness (QED) is 0.116. The van der Waals surface area contributed by atoms with Gasteiger partial charge in [-0.05, 0) is 48.6 Å². The van der Waals surface area contributed by atoms with E-state index in [0.29, 0.717) is 0 Å². The third kappa shape index (κ3) is 2.76. The number of hydrogen-bond acceptors (Lipinski definition) is 0. The first-order valence-corrected chi connectivity index (χ1v) is 19.4. The molecular formula is C30H35N2Si2+. The van der Waals surface area contributed by atoms with Crippen LogP contribution in [0, 0.1) is 13.8 Å². The van der Waals surface area contributed by atoms with Gasteiger partial charge in [0.25, 0.3) is 0 Å². The summed E-state index contributed by atoms with van der Waals surface area (Å²) in [5, 5.41) is 10.2. The van der Waals surface area contributed by atoms with Crippen LogP contribution in [0.3, 0.4) is 0 Å². The van der Waals surface area contributed by atoms with Crippen molar-refractivity contribution in [3.63, 3.8) is 0 Å². The van der Waals surface area contributed by atoms with Crippen molar-refractivity contribution < 1.29 is 4.57 Å². The normalized spacial score (nSPS) is 13.4. The first-order valence-electron chi connectivity index (χ1n) is 12.4. The molecule has 0 aliphatic rings. The molecule has 0 radical (unpaired) electrons. The van der Waals surface area contributed by atoms with Crippen LogP contribution in [0.15, 0.2) is 48.7 Å². The fourth-order valence-corrected chi connectivity index (χ4v) is 8.73. The maximum atomic E-state index is 2.60. The van der Waals surface area contributed by atoms with Gasteiger partial charge in [0.05, 0.1) is 43.5 Å². The second-order valence-electron chi connectivity index (χ2n) is 12.4. The summed E-state index contributed by atoms with van der Waals surface area (Å²) in [6, 6.07) is 16.5. The maximum Gasteiger partial charge on any atom is 0.224 e. The SMILES string of the molecule is Cc1cc2c3ccccc3n3c4cc([Si](C)(C)C)cc5c([Si](C)(C)C)c[n+](C)c(c(c1C)c23)c54. The van der Waals surface area contributed by atoms with Crippen molar-refractivity contribution in [1.82, 2.24) is 4.40 Å². The Hall–Kier alpha value is -2.70. The lowest BCUT2D eigenvalue weighted by molar-refractivity contribution is -0.643. The molecule has 0 N–H and O–H groups in total. The molecule has 0 bridgehead atoms. The zero-order valence-electron chi connectivity index (χ0n) is 22.0.